The summed E-state index contributed by atoms with van der Waals surface area (Å²) in [6, 6.07) is 1.69. The molecule has 0 bridgehead atoms. The van der Waals surface area contributed by atoms with Crippen molar-refractivity contribution in [3.63, 3.8) is 0 Å². The van der Waals surface area contributed by atoms with Crippen molar-refractivity contribution < 1.29 is 13.2 Å². The van der Waals surface area contributed by atoms with Gasteiger partial charge in [-0.3, -0.25) is 4.98 Å². The van der Waals surface area contributed by atoms with Gasteiger partial charge in [-0.05, 0) is 32.8 Å². The second kappa shape index (κ2) is 6.29. The van der Waals surface area contributed by atoms with Gasteiger partial charge in [-0.25, -0.2) is 8.42 Å². The number of nitrogens with one attached hydrogen (secondary N) is 1. The number of piperidine rings is 1. The van der Waals surface area contributed by atoms with Crippen LogP contribution in [0.2, 0.25) is 0 Å². The van der Waals surface area contributed by atoms with Crippen molar-refractivity contribution in [1.82, 2.24) is 9.29 Å². The smallest absolute Gasteiger partial charge is 0.246 e. The predicted octanol–water partition coefficient (Wildman–Crippen LogP) is 1.70. The van der Waals surface area contributed by atoms with Crippen molar-refractivity contribution in [2.24, 2.45) is 0 Å². The van der Waals surface area contributed by atoms with E-state index in [1.807, 2.05) is 13.8 Å². The molecule has 118 valence electrons. The first kappa shape index (κ1) is 16.2. The summed E-state index contributed by atoms with van der Waals surface area (Å²) < 4.78 is 32.7. The summed E-state index contributed by atoms with van der Waals surface area (Å²) in [7, 11) is -1.94. The fourth-order valence-electron chi connectivity index (χ4n) is 2.59. The fourth-order valence-corrected chi connectivity index (χ4v) is 4.30. The number of hydrogen-bond donors (Lipinski definition) is 1. The zero-order chi connectivity index (χ0) is 15.5. The molecule has 7 heteroatoms. The van der Waals surface area contributed by atoms with Crippen LogP contribution in [0.5, 0.6) is 0 Å². The van der Waals surface area contributed by atoms with Crippen molar-refractivity contribution in [2.75, 3.05) is 32.1 Å². The Kier molecular flexibility index (Phi) is 4.85. The Morgan fingerprint density at radius 3 is 2.95 bits per heavy atom. The maximum absolute atomic E-state index is 12.9. The summed E-state index contributed by atoms with van der Waals surface area (Å²) in [6.07, 6.45) is 4.65. The summed E-state index contributed by atoms with van der Waals surface area (Å²) in [5.74, 6) is 0. The van der Waals surface area contributed by atoms with Crippen molar-refractivity contribution >= 4 is 15.7 Å². The standard InChI is InChI=1S/C14H23N3O3S/c1-4-16-12-6-8-15-10-13(12)21(18,19)17-9-5-7-14(2,11-17)20-3/h6,8,10H,4-5,7,9,11H2,1-3H3,(H,15,16). The van der Waals surface area contributed by atoms with Gasteiger partial charge in [-0.1, -0.05) is 0 Å². The van der Waals surface area contributed by atoms with Crippen LogP contribution < -0.4 is 5.32 Å². The lowest BCUT2D eigenvalue weighted by Crippen LogP contribution is -2.49. The van der Waals surface area contributed by atoms with Crippen LogP contribution in [0.3, 0.4) is 0 Å². The highest BCUT2D eigenvalue weighted by Crippen LogP contribution is 2.30. The summed E-state index contributed by atoms with van der Waals surface area (Å²) in [5, 5.41) is 3.08. The first-order valence-corrected chi connectivity index (χ1v) is 8.60. The Balaban J connectivity index is 2.34. The zero-order valence-corrected chi connectivity index (χ0v) is 13.6. The molecular formula is C14H23N3O3S. The highest BCUT2D eigenvalue weighted by molar-refractivity contribution is 7.89. The average Bonchev–Trinajstić information content (AvgIpc) is 2.48. The van der Waals surface area contributed by atoms with E-state index in [0.717, 1.165) is 12.8 Å². The molecule has 2 heterocycles. The largest absolute Gasteiger partial charge is 0.384 e. The normalized spacial score (nSPS) is 24.0. The molecule has 0 aliphatic carbocycles. The summed E-state index contributed by atoms with van der Waals surface area (Å²) in [5.41, 5.74) is 0.170. The van der Waals surface area contributed by atoms with E-state index >= 15 is 0 Å². The van der Waals surface area contributed by atoms with Crippen LogP contribution in [0, 0.1) is 0 Å². The van der Waals surface area contributed by atoms with Crippen LogP contribution in [-0.4, -0.2) is 50.1 Å². The monoisotopic (exact) mass is 313 g/mol. The second-order valence-electron chi connectivity index (χ2n) is 5.50. The number of rotatable bonds is 5. The van der Waals surface area contributed by atoms with Gasteiger partial charge in [0.25, 0.3) is 0 Å². The molecule has 0 aromatic carbocycles. The topological polar surface area (TPSA) is 71.5 Å². The number of pyridine rings is 1. The van der Waals surface area contributed by atoms with Crippen molar-refractivity contribution in [2.45, 2.75) is 37.2 Å². The van der Waals surface area contributed by atoms with Crippen molar-refractivity contribution in [3.05, 3.63) is 18.5 Å². The second-order valence-corrected chi connectivity index (χ2v) is 7.40. The van der Waals surface area contributed by atoms with E-state index in [1.165, 1.54) is 10.5 Å². The molecule has 2 rings (SSSR count). The van der Waals surface area contributed by atoms with E-state index in [-0.39, 0.29) is 4.90 Å². The van der Waals surface area contributed by atoms with E-state index in [4.69, 9.17) is 4.74 Å². The Morgan fingerprint density at radius 1 is 1.52 bits per heavy atom. The molecule has 1 aliphatic heterocycles. The molecule has 1 aliphatic rings. The molecule has 1 unspecified atom stereocenters. The molecule has 1 atom stereocenters. The van der Waals surface area contributed by atoms with Gasteiger partial charge < -0.3 is 10.1 Å². The Bertz CT molecular complexity index is 591. The fraction of sp³-hybridized carbons (Fsp3) is 0.643. The van der Waals surface area contributed by atoms with Gasteiger partial charge in [0.2, 0.25) is 10.0 Å². The minimum Gasteiger partial charge on any atom is -0.384 e. The summed E-state index contributed by atoms with van der Waals surface area (Å²) >= 11 is 0. The number of hydrogen-bond acceptors (Lipinski definition) is 5. The number of ether oxygens (including phenoxy) is 1. The van der Waals surface area contributed by atoms with Gasteiger partial charge in [0.15, 0.2) is 0 Å². The van der Waals surface area contributed by atoms with Crippen molar-refractivity contribution in [3.8, 4) is 0 Å². The molecule has 1 aromatic heterocycles. The molecule has 0 amide bonds. The van der Waals surface area contributed by atoms with E-state index in [2.05, 4.69) is 10.3 Å². The highest BCUT2D eigenvalue weighted by atomic mass is 32.2. The number of methoxy groups -OCH3 is 1. The van der Waals surface area contributed by atoms with Gasteiger partial charge in [0.05, 0.1) is 11.3 Å². The number of sulfonamides is 1. The molecule has 21 heavy (non-hydrogen) atoms. The van der Waals surface area contributed by atoms with E-state index in [9.17, 15) is 8.42 Å². The maximum Gasteiger partial charge on any atom is 0.246 e. The van der Waals surface area contributed by atoms with Crippen LogP contribution in [0.4, 0.5) is 5.69 Å². The molecule has 1 fully saturated rings. The summed E-state index contributed by atoms with van der Waals surface area (Å²) in [6.45, 7) is 5.42. The molecule has 1 saturated heterocycles. The Labute approximate surface area is 126 Å². The van der Waals surface area contributed by atoms with E-state index in [1.54, 1.807) is 19.4 Å². The lowest BCUT2D eigenvalue weighted by Gasteiger charge is -2.38. The van der Waals surface area contributed by atoms with Crippen LogP contribution >= 0.6 is 0 Å². The Morgan fingerprint density at radius 2 is 2.29 bits per heavy atom. The van der Waals surface area contributed by atoms with Gasteiger partial charge in [0, 0.05) is 39.1 Å². The molecule has 0 saturated carbocycles. The van der Waals surface area contributed by atoms with Gasteiger partial charge in [0.1, 0.15) is 4.90 Å². The third-order valence-electron chi connectivity index (χ3n) is 3.89. The number of anilines is 1. The zero-order valence-electron chi connectivity index (χ0n) is 12.8. The molecule has 1 aromatic rings. The van der Waals surface area contributed by atoms with Gasteiger partial charge >= 0.3 is 0 Å². The van der Waals surface area contributed by atoms with Gasteiger partial charge in [-0.2, -0.15) is 4.31 Å². The van der Waals surface area contributed by atoms with Crippen molar-refractivity contribution in [1.29, 1.82) is 0 Å². The lowest BCUT2D eigenvalue weighted by atomic mass is 9.96. The number of aromatic nitrogens is 1. The molecule has 6 nitrogen and oxygen atoms in total. The lowest BCUT2D eigenvalue weighted by molar-refractivity contribution is -0.0319. The van der Waals surface area contributed by atoms with E-state index in [0.29, 0.717) is 25.3 Å². The molecule has 1 N–H and O–H groups in total. The van der Waals surface area contributed by atoms with E-state index < -0.39 is 15.6 Å². The summed E-state index contributed by atoms with van der Waals surface area (Å²) in [4.78, 5) is 4.20. The van der Waals surface area contributed by atoms with Crippen LogP contribution in [0.1, 0.15) is 26.7 Å². The third kappa shape index (κ3) is 3.36. The average molecular weight is 313 g/mol. The van der Waals surface area contributed by atoms with Gasteiger partial charge in [-0.15, -0.1) is 0 Å². The first-order chi connectivity index (χ1) is 9.93. The van der Waals surface area contributed by atoms with Crippen LogP contribution in [0.25, 0.3) is 0 Å². The van der Waals surface area contributed by atoms with Crippen LogP contribution in [-0.2, 0) is 14.8 Å². The minimum atomic E-state index is -3.57. The Hall–Kier alpha value is -1.18. The SMILES string of the molecule is CCNc1ccncc1S(=O)(=O)N1CCCC(C)(OC)C1. The molecular weight excluding hydrogens is 290 g/mol. The molecule has 0 radical (unpaired) electrons. The van der Waals surface area contributed by atoms with Crippen LogP contribution in [0.15, 0.2) is 23.4 Å². The molecule has 0 spiro atoms. The quantitative estimate of drug-likeness (QED) is 0.896. The number of nitrogens with zero attached hydrogens (tertiary/aromatic N) is 2. The predicted molar refractivity (Wildman–Crippen MR) is 81.8 cm³/mol. The minimum absolute atomic E-state index is 0.229. The highest BCUT2D eigenvalue weighted by Gasteiger charge is 2.37. The maximum atomic E-state index is 12.9. The first-order valence-electron chi connectivity index (χ1n) is 7.16. The third-order valence-corrected chi connectivity index (χ3v) is 5.76.